The van der Waals surface area contributed by atoms with Crippen LogP contribution in [0, 0.1) is 0 Å². The van der Waals surface area contributed by atoms with Crippen LogP contribution in [0.3, 0.4) is 0 Å². The number of aliphatic hydroxyl groups is 1. The van der Waals surface area contributed by atoms with Crippen molar-refractivity contribution in [3.63, 3.8) is 0 Å². The first-order valence-corrected chi connectivity index (χ1v) is 31.3. The zero-order chi connectivity index (χ0) is 52.0. The van der Waals surface area contributed by atoms with E-state index in [9.17, 15) is 19.4 Å². The highest BCUT2D eigenvalue weighted by molar-refractivity contribution is 7.47. The minimum Gasteiger partial charge on any atom is -0.387 e. The van der Waals surface area contributed by atoms with Crippen LogP contribution in [0.1, 0.15) is 264 Å². The van der Waals surface area contributed by atoms with Gasteiger partial charge in [0, 0.05) is 6.42 Å². The number of rotatable bonds is 54. The summed E-state index contributed by atoms with van der Waals surface area (Å²) in [7, 11) is 1.54. The molecule has 0 rings (SSSR count). The molecule has 3 atom stereocenters. The van der Waals surface area contributed by atoms with Crippen LogP contribution in [0.5, 0.6) is 0 Å². The highest BCUT2D eigenvalue weighted by atomic mass is 31.2. The summed E-state index contributed by atoms with van der Waals surface area (Å²) in [5, 5.41) is 13.9. The molecule has 0 saturated heterocycles. The molecule has 9 heteroatoms. The maximum atomic E-state index is 13.0. The topological polar surface area (TPSA) is 105 Å². The smallest absolute Gasteiger partial charge is 0.387 e. The lowest BCUT2D eigenvalue weighted by Crippen LogP contribution is -2.45. The quantitative estimate of drug-likeness (QED) is 0.0243. The van der Waals surface area contributed by atoms with Crippen molar-refractivity contribution in [2.75, 3.05) is 40.9 Å². The first-order valence-electron chi connectivity index (χ1n) is 29.8. The summed E-state index contributed by atoms with van der Waals surface area (Å²) in [6.07, 6.45) is 72.9. The largest absolute Gasteiger partial charge is 0.472 e. The van der Waals surface area contributed by atoms with Crippen molar-refractivity contribution in [2.45, 2.75) is 276 Å². The van der Waals surface area contributed by atoms with Gasteiger partial charge in [0.1, 0.15) is 13.2 Å². The summed E-state index contributed by atoms with van der Waals surface area (Å²) < 4.78 is 23.7. The number of unbranched alkanes of at least 4 members (excludes halogenated alkanes) is 31. The van der Waals surface area contributed by atoms with Crippen molar-refractivity contribution >= 4 is 13.7 Å². The van der Waals surface area contributed by atoms with Crippen molar-refractivity contribution < 1.29 is 32.9 Å². The Labute approximate surface area is 440 Å². The minimum absolute atomic E-state index is 0.0508. The average molecular weight is 1020 g/mol. The molecule has 0 aliphatic rings. The third-order valence-electron chi connectivity index (χ3n) is 13.1. The number of likely N-dealkylation sites (N-methyl/N-ethyl adjacent to an activating group) is 1. The van der Waals surface area contributed by atoms with Gasteiger partial charge in [-0.2, -0.15) is 0 Å². The standard InChI is InChI=1S/C62H115N2O6P/c1-6-8-10-12-14-16-18-20-22-24-26-28-30-31-32-33-34-36-38-40-42-44-46-48-50-52-54-56-62(66)63-60(59-70-71(67,68)69-58-57-64(3,4)5)61(65)55-53-51-49-47-45-43-41-39-37-35-29-27-25-23-21-19-17-15-13-11-9-7-2/h18,20,24,26,30-31,37,39,45,47,53,55,60-61,65H,6-17,19,21-23,25,27-29,32-36,38,40-44,46,48-52,54,56-59H2,1-5H3,(H-,63,66,67,68)/p+1/b20-18-,26-24-,31-30-,39-37+,47-45+,55-53+. The third kappa shape index (κ3) is 55.5. The molecule has 71 heavy (non-hydrogen) atoms. The summed E-state index contributed by atoms with van der Waals surface area (Å²) >= 11 is 0. The monoisotopic (exact) mass is 1020 g/mol. The van der Waals surface area contributed by atoms with E-state index >= 15 is 0 Å². The van der Waals surface area contributed by atoms with E-state index in [1.807, 2.05) is 27.2 Å². The number of phosphoric acid groups is 1. The second-order valence-electron chi connectivity index (χ2n) is 21.3. The molecule has 3 unspecified atom stereocenters. The number of hydrogen-bond donors (Lipinski definition) is 3. The van der Waals surface area contributed by atoms with Gasteiger partial charge in [0.15, 0.2) is 0 Å². The van der Waals surface area contributed by atoms with E-state index in [4.69, 9.17) is 9.05 Å². The summed E-state index contributed by atoms with van der Waals surface area (Å²) in [6.45, 7) is 4.79. The Morgan fingerprint density at radius 3 is 1.23 bits per heavy atom. The highest BCUT2D eigenvalue weighted by Gasteiger charge is 2.27. The number of phosphoric ester groups is 1. The normalized spacial score (nSPS) is 14.4. The zero-order valence-electron chi connectivity index (χ0n) is 47.2. The number of hydrogen-bond acceptors (Lipinski definition) is 5. The summed E-state index contributed by atoms with van der Waals surface area (Å²) in [5.41, 5.74) is 0. The van der Waals surface area contributed by atoms with Crippen molar-refractivity contribution in [3.05, 3.63) is 72.9 Å². The predicted octanol–water partition coefficient (Wildman–Crippen LogP) is 18.3. The Hall–Kier alpha value is -2.06. The average Bonchev–Trinajstić information content (AvgIpc) is 3.33. The number of nitrogens with zero attached hydrogens (tertiary/aromatic N) is 1. The fraction of sp³-hybridized carbons (Fsp3) is 0.790. The summed E-state index contributed by atoms with van der Waals surface area (Å²) in [5.74, 6) is -0.193. The van der Waals surface area contributed by atoms with Gasteiger partial charge in [0.2, 0.25) is 5.91 Å². The van der Waals surface area contributed by atoms with Crippen LogP contribution in [0.2, 0.25) is 0 Å². The number of nitrogens with one attached hydrogen (secondary N) is 1. The minimum atomic E-state index is -4.36. The number of carbonyl (C=O) groups is 1. The molecule has 0 spiro atoms. The maximum Gasteiger partial charge on any atom is 0.472 e. The maximum absolute atomic E-state index is 13.0. The predicted molar refractivity (Wildman–Crippen MR) is 309 cm³/mol. The van der Waals surface area contributed by atoms with Gasteiger partial charge in [-0.15, -0.1) is 0 Å². The zero-order valence-corrected chi connectivity index (χ0v) is 48.1. The van der Waals surface area contributed by atoms with E-state index in [2.05, 4.69) is 79.9 Å². The van der Waals surface area contributed by atoms with Gasteiger partial charge in [0.25, 0.3) is 0 Å². The lowest BCUT2D eigenvalue weighted by Gasteiger charge is -2.25. The van der Waals surface area contributed by atoms with E-state index in [-0.39, 0.29) is 19.1 Å². The molecule has 0 fully saturated rings. The van der Waals surface area contributed by atoms with Crippen LogP contribution >= 0.6 is 7.82 Å². The second kappa shape index (κ2) is 52.8. The Morgan fingerprint density at radius 1 is 0.479 bits per heavy atom. The van der Waals surface area contributed by atoms with E-state index in [0.717, 1.165) is 57.8 Å². The highest BCUT2D eigenvalue weighted by Crippen LogP contribution is 2.43. The molecule has 0 aromatic heterocycles. The van der Waals surface area contributed by atoms with Crippen molar-refractivity contribution in [3.8, 4) is 0 Å². The number of allylic oxidation sites excluding steroid dienone is 11. The molecule has 0 heterocycles. The van der Waals surface area contributed by atoms with E-state index in [0.29, 0.717) is 17.4 Å². The van der Waals surface area contributed by atoms with Gasteiger partial charge in [-0.25, -0.2) is 4.57 Å². The molecule has 0 aliphatic heterocycles. The Balaban J connectivity index is 4.26. The first kappa shape index (κ1) is 68.9. The molecule has 3 N–H and O–H groups in total. The fourth-order valence-corrected chi connectivity index (χ4v) is 9.17. The molecule has 8 nitrogen and oxygen atoms in total. The van der Waals surface area contributed by atoms with Gasteiger partial charge >= 0.3 is 7.82 Å². The first-order chi connectivity index (χ1) is 34.5. The molecular weight excluding hydrogens is 900 g/mol. The van der Waals surface area contributed by atoms with Crippen LogP contribution in [0.25, 0.3) is 0 Å². The van der Waals surface area contributed by atoms with Gasteiger partial charge in [-0.3, -0.25) is 13.8 Å². The molecule has 1 amide bonds. The van der Waals surface area contributed by atoms with Crippen LogP contribution in [0.15, 0.2) is 72.9 Å². The molecular formula is C62H116N2O6P+. The van der Waals surface area contributed by atoms with Gasteiger partial charge in [0.05, 0.1) is 39.9 Å². The van der Waals surface area contributed by atoms with Crippen LogP contribution in [-0.4, -0.2) is 73.4 Å². The number of carbonyl (C=O) groups excluding carboxylic acids is 1. The van der Waals surface area contributed by atoms with Crippen molar-refractivity contribution in [1.82, 2.24) is 5.32 Å². The van der Waals surface area contributed by atoms with Crippen LogP contribution in [-0.2, 0) is 18.4 Å². The summed E-state index contributed by atoms with van der Waals surface area (Å²) in [6, 6.07) is -0.875. The molecule has 0 radical (unpaired) electrons. The lowest BCUT2D eigenvalue weighted by atomic mass is 10.0. The number of aliphatic hydroxyl groups excluding tert-OH is 1. The SMILES string of the molecule is CCCCCCC/C=C\C/C=C\C/C=C\CCCCCCCCCCCCCCC(=O)NC(COP(=O)(O)OCC[N+](C)(C)C)C(O)/C=C/CC/C=C/CC/C=C/CCCCCCCCCCCCCC. The van der Waals surface area contributed by atoms with Gasteiger partial charge in [-0.05, 0) is 83.5 Å². The summed E-state index contributed by atoms with van der Waals surface area (Å²) in [4.78, 5) is 23.3. The Kier molecular flexibility index (Phi) is 51.3. The Bertz CT molecular complexity index is 1380. The molecule has 0 aromatic carbocycles. The Morgan fingerprint density at radius 2 is 0.817 bits per heavy atom. The molecule has 0 saturated carbocycles. The van der Waals surface area contributed by atoms with Crippen LogP contribution < -0.4 is 5.32 Å². The lowest BCUT2D eigenvalue weighted by molar-refractivity contribution is -0.870. The van der Waals surface area contributed by atoms with Crippen LogP contribution in [0.4, 0.5) is 0 Å². The molecule has 0 aromatic rings. The van der Waals surface area contributed by atoms with Gasteiger partial charge in [-0.1, -0.05) is 247 Å². The molecule has 414 valence electrons. The third-order valence-corrected chi connectivity index (χ3v) is 14.1. The van der Waals surface area contributed by atoms with E-state index < -0.39 is 20.0 Å². The van der Waals surface area contributed by atoms with Gasteiger partial charge < -0.3 is 19.8 Å². The molecule has 0 bridgehead atoms. The van der Waals surface area contributed by atoms with E-state index in [1.165, 1.54) is 186 Å². The van der Waals surface area contributed by atoms with Crippen molar-refractivity contribution in [2.24, 2.45) is 0 Å². The molecule has 0 aliphatic carbocycles. The number of amides is 1. The van der Waals surface area contributed by atoms with Crippen molar-refractivity contribution in [1.29, 1.82) is 0 Å². The van der Waals surface area contributed by atoms with E-state index in [1.54, 1.807) is 6.08 Å². The number of quaternary nitrogens is 1. The second-order valence-corrected chi connectivity index (χ2v) is 22.8. The fourth-order valence-electron chi connectivity index (χ4n) is 8.43.